The first-order chi connectivity index (χ1) is 15.1. The first-order valence-electron chi connectivity index (χ1n) is 9.83. The number of rotatable bonds is 6. The molecule has 2 amide bonds. The number of hydrogen-bond donors (Lipinski definition) is 1. The normalized spacial score (nSPS) is 13.1. The number of ether oxygens (including phenoxy) is 2. The number of hydrogen-bond acceptors (Lipinski definition) is 4. The average molecular weight is 420 g/mol. The third kappa shape index (κ3) is 5.19. The van der Waals surface area contributed by atoms with Gasteiger partial charge in [0.15, 0.2) is 13.2 Å². The topological polar surface area (TPSA) is 67.9 Å². The van der Waals surface area contributed by atoms with Gasteiger partial charge in [0.05, 0.1) is 0 Å². The molecule has 158 valence electrons. The highest BCUT2D eigenvalue weighted by atomic mass is 19.1. The minimum Gasteiger partial charge on any atom is -0.484 e. The molecule has 0 aliphatic carbocycles. The lowest BCUT2D eigenvalue weighted by molar-refractivity contribution is -0.133. The molecule has 0 aromatic heterocycles. The predicted molar refractivity (Wildman–Crippen MR) is 113 cm³/mol. The summed E-state index contributed by atoms with van der Waals surface area (Å²) in [5.41, 5.74) is 1.72. The van der Waals surface area contributed by atoms with Gasteiger partial charge < -0.3 is 19.7 Å². The Morgan fingerprint density at radius 3 is 2.65 bits per heavy atom. The van der Waals surface area contributed by atoms with Crippen LogP contribution in [0.15, 0.2) is 72.8 Å². The van der Waals surface area contributed by atoms with Gasteiger partial charge in [-0.3, -0.25) is 9.59 Å². The summed E-state index contributed by atoms with van der Waals surface area (Å²) >= 11 is 0. The van der Waals surface area contributed by atoms with Crippen LogP contribution in [0.25, 0.3) is 0 Å². The standard InChI is InChI=1S/C24H21FN2O4/c25-21-9-5-4-6-17(21)13-27-14-18-12-19(10-11-22(18)31-16-24(27)29)26-23(28)15-30-20-7-2-1-3-8-20/h1-12H,13-16H2,(H,26,28). The molecule has 0 spiro atoms. The van der Waals surface area contributed by atoms with Gasteiger partial charge in [0.1, 0.15) is 17.3 Å². The van der Waals surface area contributed by atoms with E-state index in [1.807, 2.05) is 18.2 Å². The zero-order valence-electron chi connectivity index (χ0n) is 16.7. The fourth-order valence-electron chi connectivity index (χ4n) is 3.29. The van der Waals surface area contributed by atoms with Gasteiger partial charge >= 0.3 is 0 Å². The third-order valence-electron chi connectivity index (χ3n) is 4.84. The Labute approximate surface area is 179 Å². The van der Waals surface area contributed by atoms with Crippen molar-refractivity contribution in [2.24, 2.45) is 0 Å². The second-order valence-electron chi connectivity index (χ2n) is 7.10. The van der Waals surface area contributed by atoms with Crippen molar-refractivity contribution in [1.29, 1.82) is 0 Å². The van der Waals surface area contributed by atoms with Crippen molar-refractivity contribution in [1.82, 2.24) is 4.90 Å². The van der Waals surface area contributed by atoms with Crippen LogP contribution in [0.1, 0.15) is 11.1 Å². The number of benzene rings is 3. The minimum absolute atomic E-state index is 0.127. The van der Waals surface area contributed by atoms with Crippen LogP contribution in [-0.2, 0) is 22.7 Å². The molecule has 3 aromatic carbocycles. The van der Waals surface area contributed by atoms with E-state index in [0.29, 0.717) is 22.7 Å². The van der Waals surface area contributed by atoms with Crippen molar-refractivity contribution in [3.8, 4) is 11.5 Å². The van der Waals surface area contributed by atoms with Crippen LogP contribution in [0.2, 0.25) is 0 Å². The van der Waals surface area contributed by atoms with Crippen LogP contribution in [0.3, 0.4) is 0 Å². The van der Waals surface area contributed by atoms with E-state index < -0.39 is 0 Å². The summed E-state index contributed by atoms with van der Waals surface area (Å²) in [7, 11) is 0. The number of carbonyl (C=O) groups excluding carboxylic acids is 2. The second-order valence-corrected chi connectivity index (χ2v) is 7.10. The summed E-state index contributed by atoms with van der Waals surface area (Å²) in [5.74, 6) is 0.261. The molecule has 6 nitrogen and oxygen atoms in total. The number of nitrogens with one attached hydrogen (secondary N) is 1. The van der Waals surface area contributed by atoms with Crippen molar-refractivity contribution in [2.45, 2.75) is 13.1 Å². The lowest BCUT2D eigenvalue weighted by atomic mass is 10.1. The summed E-state index contributed by atoms with van der Waals surface area (Å²) in [6, 6.07) is 20.6. The molecule has 0 unspecified atom stereocenters. The van der Waals surface area contributed by atoms with Gasteiger partial charge in [-0.05, 0) is 36.4 Å². The van der Waals surface area contributed by atoms with Crippen molar-refractivity contribution in [3.63, 3.8) is 0 Å². The number of anilines is 1. The van der Waals surface area contributed by atoms with Gasteiger partial charge in [0.25, 0.3) is 11.8 Å². The SMILES string of the molecule is O=C(COc1ccccc1)Nc1ccc2c(c1)CN(Cc1ccccc1F)C(=O)CO2. The van der Waals surface area contributed by atoms with E-state index in [1.54, 1.807) is 48.5 Å². The molecule has 0 radical (unpaired) electrons. The largest absolute Gasteiger partial charge is 0.484 e. The van der Waals surface area contributed by atoms with E-state index >= 15 is 0 Å². The lowest BCUT2D eigenvalue weighted by Crippen LogP contribution is -2.32. The summed E-state index contributed by atoms with van der Waals surface area (Å²) in [6.07, 6.45) is 0. The molecule has 0 bridgehead atoms. The van der Waals surface area contributed by atoms with E-state index in [1.165, 1.54) is 11.0 Å². The van der Waals surface area contributed by atoms with Gasteiger partial charge in [-0.15, -0.1) is 0 Å². The molecule has 0 atom stereocenters. The van der Waals surface area contributed by atoms with Gasteiger partial charge in [0.2, 0.25) is 0 Å². The number of fused-ring (bicyclic) bond motifs is 1. The van der Waals surface area contributed by atoms with Crippen LogP contribution in [0, 0.1) is 5.82 Å². The predicted octanol–water partition coefficient (Wildman–Crippen LogP) is 3.76. The zero-order chi connectivity index (χ0) is 21.6. The number of amides is 2. The Morgan fingerprint density at radius 1 is 1.06 bits per heavy atom. The first-order valence-corrected chi connectivity index (χ1v) is 9.83. The van der Waals surface area contributed by atoms with E-state index in [2.05, 4.69) is 5.32 Å². The maximum atomic E-state index is 14.0. The number of para-hydroxylation sites is 1. The highest BCUT2D eigenvalue weighted by Gasteiger charge is 2.23. The van der Waals surface area contributed by atoms with Crippen molar-refractivity contribution in [3.05, 3.63) is 89.7 Å². The van der Waals surface area contributed by atoms with Gasteiger partial charge in [-0.2, -0.15) is 0 Å². The molecule has 4 rings (SSSR count). The molecule has 7 heteroatoms. The van der Waals surface area contributed by atoms with Crippen LogP contribution < -0.4 is 14.8 Å². The molecule has 1 aliphatic heterocycles. The number of halogens is 1. The molecule has 0 saturated heterocycles. The maximum Gasteiger partial charge on any atom is 0.262 e. The summed E-state index contributed by atoms with van der Waals surface area (Å²) < 4.78 is 25.1. The van der Waals surface area contributed by atoms with E-state index in [0.717, 1.165) is 5.56 Å². The molecule has 31 heavy (non-hydrogen) atoms. The lowest BCUT2D eigenvalue weighted by Gasteiger charge is -2.20. The highest BCUT2D eigenvalue weighted by molar-refractivity contribution is 5.92. The maximum absolute atomic E-state index is 14.0. The third-order valence-corrected chi connectivity index (χ3v) is 4.84. The summed E-state index contributed by atoms with van der Waals surface area (Å²) in [5, 5.41) is 2.78. The zero-order valence-corrected chi connectivity index (χ0v) is 16.7. The molecular weight excluding hydrogens is 399 g/mol. The highest BCUT2D eigenvalue weighted by Crippen LogP contribution is 2.28. The summed E-state index contributed by atoms with van der Waals surface area (Å²) in [6.45, 7) is 0.121. The van der Waals surface area contributed by atoms with Gasteiger partial charge in [0, 0.05) is 29.9 Å². The molecule has 1 heterocycles. The fourth-order valence-corrected chi connectivity index (χ4v) is 3.29. The van der Waals surface area contributed by atoms with Crippen molar-refractivity contribution >= 4 is 17.5 Å². The smallest absolute Gasteiger partial charge is 0.262 e. The first kappa shape index (κ1) is 20.4. The average Bonchev–Trinajstić information content (AvgIpc) is 2.93. The van der Waals surface area contributed by atoms with Crippen LogP contribution in [0.4, 0.5) is 10.1 Å². The Hall–Kier alpha value is -3.87. The van der Waals surface area contributed by atoms with Gasteiger partial charge in [-0.25, -0.2) is 4.39 Å². The van der Waals surface area contributed by atoms with Crippen LogP contribution in [-0.4, -0.2) is 29.9 Å². The Morgan fingerprint density at radius 2 is 1.84 bits per heavy atom. The Balaban J connectivity index is 1.44. The van der Waals surface area contributed by atoms with Crippen LogP contribution >= 0.6 is 0 Å². The minimum atomic E-state index is -0.361. The second kappa shape index (κ2) is 9.30. The fraction of sp³-hybridized carbons (Fsp3) is 0.167. The van der Waals surface area contributed by atoms with Crippen molar-refractivity contribution < 1.29 is 23.5 Å². The number of nitrogens with zero attached hydrogens (tertiary/aromatic N) is 1. The van der Waals surface area contributed by atoms with Crippen molar-refractivity contribution in [2.75, 3.05) is 18.5 Å². The van der Waals surface area contributed by atoms with Crippen LogP contribution in [0.5, 0.6) is 11.5 Å². The molecule has 0 fully saturated rings. The molecule has 3 aromatic rings. The van der Waals surface area contributed by atoms with E-state index in [-0.39, 0.29) is 43.9 Å². The molecule has 0 saturated carbocycles. The monoisotopic (exact) mass is 420 g/mol. The molecule has 1 aliphatic rings. The van der Waals surface area contributed by atoms with E-state index in [4.69, 9.17) is 9.47 Å². The Kier molecular flexibility index (Phi) is 6.12. The molecular formula is C24H21FN2O4. The summed E-state index contributed by atoms with van der Waals surface area (Å²) in [4.78, 5) is 26.3. The quantitative estimate of drug-likeness (QED) is 0.659. The Bertz CT molecular complexity index is 1090. The molecule has 1 N–H and O–H groups in total. The number of carbonyl (C=O) groups is 2. The van der Waals surface area contributed by atoms with E-state index in [9.17, 15) is 14.0 Å². The van der Waals surface area contributed by atoms with Gasteiger partial charge in [-0.1, -0.05) is 36.4 Å².